The van der Waals surface area contributed by atoms with Crippen LogP contribution in [-0.2, 0) is 16.6 Å². The number of hydrogen-bond donors (Lipinski definition) is 2. The summed E-state index contributed by atoms with van der Waals surface area (Å²) in [5, 5.41) is 0. The van der Waals surface area contributed by atoms with E-state index in [2.05, 4.69) is 4.72 Å². The number of sulfonamides is 1. The molecule has 0 unspecified atom stereocenters. The Hall–Kier alpha value is -1.27. The maximum atomic E-state index is 11.8. The molecule has 1 fully saturated rings. The molecule has 3 N–H and O–H groups in total. The number of methoxy groups -OCH3 is 1. The van der Waals surface area contributed by atoms with E-state index in [1.165, 1.54) is 0 Å². The Morgan fingerprint density at radius 1 is 1.44 bits per heavy atom. The van der Waals surface area contributed by atoms with Crippen LogP contribution >= 0.6 is 0 Å². The number of nitrogens with one attached hydrogen (secondary N) is 1. The zero-order chi connectivity index (χ0) is 13.2. The van der Waals surface area contributed by atoms with Gasteiger partial charge in [0.25, 0.3) is 0 Å². The largest absolute Gasteiger partial charge is 0.496 e. The van der Waals surface area contributed by atoms with E-state index < -0.39 is 10.0 Å². The molecule has 6 heteroatoms. The van der Waals surface area contributed by atoms with Gasteiger partial charge in [-0.25, -0.2) is 13.1 Å². The van der Waals surface area contributed by atoms with Gasteiger partial charge in [-0.2, -0.15) is 0 Å². The number of anilines is 1. The van der Waals surface area contributed by atoms with Crippen molar-refractivity contribution in [2.45, 2.75) is 19.4 Å². The molecule has 0 aromatic heterocycles. The van der Waals surface area contributed by atoms with Crippen molar-refractivity contribution in [1.82, 2.24) is 4.72 Å². The Morgan fingerprint density at radius 3 is 2.78 bits per heavy atom. The fraction of sp³-hybridized carbons (Fsp3) is 0.500. The van der Waals surface area contributed by atoms with Gasteiger partial charge in [-0.05, 0) is 37.0 Å². The van der Waals surface area contributed by atoms with Crippen molar-refractivity contribution in [2.75, 3.05) is 18.6 Å². The van der Waals surface area contributed by atoms with Crippen LogP contribution in [0.1, 0.15) is 18.4 Å². The van der Waals surface area contributed by atoms with Crippen LogP contribution in [0.3, 0.4) is 0 Å². The molecule has 18 heavy (non-hydrogen) atoms. The molecule has 100 valence electrons. The standard InChI is InChI=1S/C12H18N2O3S/c1-17-12-5-4-11(13)6-10(12)7-14-18(15,16)8-9-2-3-9/h4-6,9,14H,2-3,7-8,13H2,1H3. The predicted molar refractivity (Wildman–Crippen MR) is 70.8 cm³/mol. The van der Waals surface area contributed by atoms with Crippen molar-refractivity contribution in [1.29, 1.82) is 0 Å². The zero-order valence-electron chi connectivity index (χ0n) is 10.3. The first-order chi connectivity index (χ1) is 8.50. The lowest BCUT2D eigenvalue weighted by Crippen LogP contribution is -2.27. The van der Waals surface area contributed by atoms with E-state index >= 15 is 0 Å². The van der Waals surface area contributed by atoms with Crippen LogP contribution in [0.15, 0.2) is 18.2 Å². The monoisotopic (exact) mass is 270 g/mol. The fourth-order valence-electron chi connectivity index (χ4n) is 1.78. The van der Waals surface area contributed by atoms with E-state index in [-0.39, 0.29) is 12.3 Å². The maximum absolute atomic E-state index is 11.8. The molecule has 1 saturated carbocycles. The third kappa shape index (κ3) is 3.61. The minimum atomic E-state index is -3.20. The van der Waals surface area contributed by atoms with E-state index in [9.17, 15) is 8.42 Å². The first-order valence-electron chi connectivity index (χ1n) is 5.90. The molecule has 0 saturated heterocycles. The van der Waals surface area contributed by atoms with E-state index in [1.807, 2.05) is 0 Å². The molecule has 0 radical (unpaired) electrons. The maximum Gasteiger partial charge on any atom is 0.212 e. The summed E-state index contributed by atoms with van der Waals surface area (Å²) in [7, 11) is -1.65. The number of nitrogen functional groups attached to an aromatic ring is 1. The Kier molecular flexibility index (Phi) is 3.77. The van der Waals surface area contributed by atoms with E-state index in [4.69, 9.17) is 10.5 Å². The molecule has 1 aliphatic rings. The number of ether oxygens (including phenoxy) is 1. The topological polar surface area (TPSA) is 81.4 Å². The SMILES string of the molecule is COc1ccc(N)cc1CNS(=O)(=O)CC1CC1. The van der Waals surface area contributed by atoms with Crippen LogP contribution in [0.4, 0.5) is 5.69 Å². The lowest BCUT2D eigenvalue weighted by atomic mass is 10.2. The number of benzene rings is 1. The molecule has 2 rings (SSSR count). The van der Waals surface area contributed by atoms with Crippen LogP contribution < -0.4 is 15.2 Å². The highest BCUT2D eigenvalue weighted by atomic mass is 32.2. The third-order valence-electron chi connectivity index (χ3n) is 2.94. The van der Waals surface area contributed by atoms with Crippen LogP contribution in [0.2, 0.25) is 0 Å². The molecule has 0 spiro atoms. The minimum absolute atomic E-state index is 0.212. The fourth-order valence-corrected chi connectivity index (χ4v) is 3.23. The molecule has 1 aromatic rings. The summed E-state index contributed by atoms with van der Waals surface area (Å²) in [6.45, 7) is 0.212. The molecule has 0 amide bonds. The first-order valence-corrected chi connectivity index (χ1v) is 7.55. The second kappa shape index (κ2) is 5.16. The van der Waals surface area contributed by atoms with Gasteiger partial charge in [0.2, 0.25) is 10.0 Å². The lowest BCUT2D eigenvalue weighted by Gasteiger charge is -2.10. The van der Waals surface area contributed by atoms with Crippen molar-refractivity contribution in [3.8, 4) is 5.75 Å². The quantitative estimate of drug-likeness (QED) is 0.759. The zero-order valence-corrected chi connectivity index (χ0v) is 11.2. The molecule has 1 aromatic carbocycles. The normalized spacial score (nSPS) is 15.6. The molecule has 5 nitrogen and oxygen atoms in total. The second-order valence-corrected chi connectivity index (χ2v) is 6.47. The van der Waals surface area contributed by atoms with Crippen LogP contribution in [-0.4, -0.2) is 21.3 Å². The van der Waals surface area contributed by atoms with Gasteiger partial charge in [0, 0.05) is 17.8 Å². The average molecular weight is 270 g/mol. The smallest absolute Gasteiger partial charge is 0.212 e. The van der Waals surface area contributed by atoms with Gasteiger partial charge in [-0.15, -0.1) is 0 Å². The van der Waals surface area contributed by atoms with Crippen molar-refractivity contribution >= 4 is 15.7 Å². The molecule has 0 heterocycles. The van der Waals surface area contributed by atoms with Gasteiger partial charge < -0.3 is 10.5 Å². The van der Waals surface area contributed by atoms with Crippen LogP contribution in [0.5, 0.6) is 5.75 Å². The molecule has 0 atom stereocenters. The number of hydrogen-bond acceptors (Lipinski definition) is 4. The van der Waals surface area contributed by atoms with Gasteiger partial charge in [0.05, 0.1) is 12.9 Å². The van der Waals surface area contributed by atoms with Crippen LogP contribution in [0, 0.1) is 5.92 Å². The van der Waals surface area contributed by atoms with Crippen molar-refractivity contribution < 1.29 is 13.2 Å². The number of rotatable bonds is 6. The summed E-state index contributed by atoms with van der Waals surface area (Å²) >= 11 is 0. The van der Waals surface area contributed by atoms with E-state index in [0.717, 1.165) is 18.4 Å². The van der Waals surface area contributed by atoms with Gasteiger partial charge in [0.15, 0.2) is 0 Å². The Labute approximate surface area is 107 Å². The first kappa shape index (κ1) is 13.2. The average Bonchev–Trinajstić information content (AvgIpc) is 3.10. The molecule has 0 aliphatic heterocycles. The van der Waals surface area contributed by atoms with Crippen molar-refractivity contribution in [2.24, 2.45) is 5.92 Å². The minimum Gasteiger partial charge on any atom is -0.496 e. The third-order valence-corrected chi connectivity index (χ3v) is 4.43. The summed E-state index contributed by atoms with van der Waals surface area (Å²) in [5.41, 5.74) is 7.02. The molecular formula is C12H18N2O3S. The highest BCUT2D eigenvalue weighted by molar-refractivity contribution is 7.89. The van der Waals surface area contributed by atoms with Gasteiger partial charge in [-0.3, -0.25) is 0 Å². The Morgan fingerprint density at radius 2 is 2.17 bits per heavy atom. The Bertz CT molecular complexity index is 524. The second-order valence-electron chi connectivity index (χ2n) is 4.62. The molecule has 1 aliphatic carbocycles. The summed E-state index contributed by atoms with van der Waals surface area (Å²) in [6, 6.07) is 5.18. The van der Waals surface area contributed by atoms with E-state index in [0.29, 0.717) is 17.4 Å². The highest BCUT2D eigenvalue weighted by Gasteiger charge is 2.27. The van der Waals surface area contributed by atoms with Crippen LogP contribution in [0.25, 0.3) is 0 Å². The predicted octanol–water partition coefficient (Wildman–Crippen LogP) is 1.11. The molecule has 0 bridgehead atoms. The summed E-state index contributed by atoms with van der Waals surface area (Å²) < 4.78 is 31.3. The summed E-state index contributed by atoms with van der Waals surface area (Å²) in [6.07, 6.45) is 2.03. The highest BCUT2D eigenvalue weighted by Crippen LogP contribution is 2.30. The Balaban J connectivity index is 2.02. The van der Waals surface area contributed by atoms with Gasteiger partial charge in [0.1, 0.15) is 5.75 Å². The van der Waals surface area contributed by atoms with E-state index in [1.54, 1.807) is 25.3 Å². The van der Waals surface area contributed by atoms with Gasteiger partial charge in [-0.1, -0.05) is 0 Å². The lowest BCUT2D eigenvalue weighted by molar-refractivity contribution is 0.409. The van der Waals surface area contributed by atoms with Crippen molar-refractivity contribution in [3.05, 3.63) is 23.8 Å². The van der Waals surface area contributed by atoms with Crippen molar-refractivity contribution in [3.63, 3.8) is 0 Å². The number of nitrogens with two attached hydrogens (primary N) is 1. The summed E-state index contributed by atoms with van der Waals surface area (Å²) in [4.78, 5) is 0. The molecular weight excluding hydrogens is 252 g/mol. The summed E-state index contributed by atoms with van der Waals surface area (Å²) in [5.74, 6) is 1.20. The van der Waals surface area contributed by atoms with Gasteiger partial charge >= 0.3 is 0 Å².